The molecule has 0 spiro atoms. The molecule has 2 N–H and O–H groups in total. The van der Waals surface area contributed by atoms with E-state index in [2.05, 4.69) is 4.72 Å². The lowest BCUT2D eigenvalue weighted by atomic mass is 9.86. The summed E-state index contributed by atoms with van der Waals surface area (Å²) in [4.78, 5) is 10.2. The molecule has 0 aliphatic carbocycles. The molecule has 0 radical (unpaired) electrons. The molecule has 0 aliphatic rings. The van der Waals surface area contributed by atoms with Gasteiger partial charge in [-0.3, -0.25) is 10.1 Å². The molecule has 136 valence electrons. The van der Waals surface area contributed by atoms with Crippen molar-refractivity contribution in [3.63, 3.8) is 0 Å². The van der Waals surface area contributed by atoms with E-state index in [1.54, 1.807) is 20.8 Å². The van der Waals surface area contributed by atoms with Crippen molar-refractivity contribution in [2.75, 3.05) is 6.61 Å². The Morgan fingerprint density at radius 2 is 1.88 bits per heavy atom. The molecule has 0 unspecified atom stereocenters. The normalized spacial score (nSPS) is 16.5. The number of aliphatic hydroxyl groups excluding tert-OH is 1. The molecule has 0 aromatic heterocycles. The van der Waals surface area contributed by atoms with Crippen molar-refractivity contribution < 1.29 is 23.4 Å². The molecule has 2 atom stereocenters. The summed E-state index contributed by atoms with van der Waals surface area (Å²) in [6, 6.07) is 3.07. The Morgan fingerprint density at radius 1 is 1.33 bits per heavy atom. The fourth-order valence-corrected chi connectivity index (χ4v) is 3.08. The van der Waals surface area contributed by atoms with Gasteiger partial charge in [-0.2, -0.15) is 0 Å². The van der Waals surface area contributed by atoms with Crippen LogP contribution in [0.4, 0.5) is 14.5 Å². The molecule has 10 heteroatoms. The number of nitrogens with zero attached hydrogens (tertiary/aromatic N) is 1. The van der Waals surface area contributed by atoms with E-state index in [0.717, 1.165) is 25.1 Å². The largest absolute Gasteiger partial charge is 0.598 e. The van der Waals surface area contributed by atoms with Gasteiger partial charge < -0.3 is 9.66 Å². The highest BCUT2D eigenvalue weighted by molar-refractivity contribution is 7.90. The third-order valence-electron chi connectivity index (χ3n) is 3.48. The Bertz CT molecular complexity index is 627. The first kappa shape index (κ1) is 21.0. The van der Waals surface area contributed by atoms with Gasteiger partial charge in [0.25, 0.3) is 11.6 Å². The van der Waals surface area contributed by atoms with Crippen LogP contribution in [0.3, 0.4) is 0 Å². The second-order valence-electron chi connectivity index (χ2n) is 6.39. The number of hydrogen-bond donors (Lipinski definition) is 2. The van der Waals surface area contributed by atoms with Crippen LogP contribution in [0.25, 0.3) is 0 Å². The Kier molecular flexibility index (Phi) is 6.21. The SMILES string of the molecule is CC(C)(C)[S@@+]([O-])N[C@](C)(c1cc([N+](=O)[O-])ccc1Cl)C(F)(F)CO. The van der Waals surface area contributed by atoms with Crippen molar-refractivity contribution in [2.45, 2.75) is 43.9 Å². The van der Waals surface area contributed by atoms with Gasteiger partial charge in [0.2, 0.25) is 0 Å². The van der Waals surface area contributed by atoms with Gasteiger partial charge in [-0.05, 0) is 33.8 Å². The number of halogens is 3. The van der Waals surface area contributed by atoms with Gasteiger partial charge in [0, 0.05) is 34.1 Å². The number of hydrogen-bond acceptors (Lipinski definition) is 5. The Morgan fingerprint density at radius 3 is 2.29 bits per heavy atom. The maximum atomic E-state index is 14.5. The van der Waals surface area contributed by atoms with Gasteiger partial charge >= 0.3 is 0 Å². The Labute approximate surface area is 146 Å². The van der Waals surface area contributed by atoms with Crippen LogP contribution in [0, 0.1) is 10.1 Å². The van der Waals surface area contributed by atoms with Crippen LogP contribution in [0.5, 0.6) is 0 Å². The first-order valence-electron chi connectivity index (χ1n) is 6.89. The molecule has 24 heavy (non-hydrogen) atoms. The van der Waals surface area contributed by atoms with Crippen molar-refractivity contribution in [1.29, 1.82) is 0 Å². The van der Waals surface area contributed by atoms with Crippen molar-refractivity contribution in [2.24, 2.45) is 0 Å². The number of benzene rings is 1. The molecule has 1 aromatic carbocycles. The fourth-order valence-electron chi connectivity index (χ4n) is 1.83. The molecule has 6 nitrogen and oxygen atoms in total. The van der Waals surface area contributed by atoms with Gasteiger partial charge in [0.05, 0.1) is 4.92 Å². The minimum absolute atomic E-state index is 0.172. The van der Waals surface area contributed by atoms with Gasteiger partial charge in [-0.15, -0.1) is 4.72 Å². The maximum Gasteiger partial charge on any atom is 0.296 e. The van der Waals surface area contributed by atoms with E-state index in [1.165, 1.54) is 0 Å². The number of nitro benzene ring substituents is 1. The Balaban J connectivity index is 3.55. The van der Waals surface area contributed by atoms with E-state index in [1.807, 2.05) is 0 Å². The van der Waals surface area contributed by atoms with Crippen LogP contribution in [0.1, 0.15) is 33.3 Å². The van der Waals surface area contributed by atoms with Crippen molar-refractivity contribution in [3.8, 4) is 0 Å². The summed E-state index contributed by atoms with van der Waals surface area (Å²) in [5, 5.41) is 19.9. The zero-order valence-electron chi connectivity index (χ0n) is 13.6. The van der Waals surface area contributed by atoms with Crippen LogP contribution in [-0.4, -0.2) is 31.9 Å². The number of nitro groups is 1. The van der Waals surface area contributed by atoms with E-state index in [9.17, 15) is 23.4 Å². The molecular formula is C14H19ClF2N2O4S. The summed E-state index contributed by atoms with van der Waals surface area (Å²) < 4.78 is 42.7. The third kappa shape index (κ3) is 4.15. The molecule has 0 fully saturated rings. The third-order valence-corrected chi connectivity index (χ3v) is 5.52. The number of nitrogens with one attached hydrogen (secondary N) is 1. The first-order valence-corrected chi connectivity index (χ1v) is 8.42. The summed E-state index contributed by atoms with van der Waals surface area (Å²) in [5.74, 6) is -3.78. The monoisotopic (exact) mass is 384 g/mol. The lowest BCUT2D eigenvalue weighted by molar-refractivity contribution is -0.385. The molecule has 0 heterocycles. The van der Waals surface area contributed by atoms with Crippen LogP contribution in [0.2, 0.25) is 5.02 Å². The predicted molar refractivity (Wildman–Crippen MR) is 88.5 cm³/mol. The van der Waals surface area contributed by atoms with Crippen LogP contribution in [-0.2, 0) is 16.9 Å². The molecule has 1 rings (SSSR count). The van der Waals surface area contributed by atoms with E-state index >= 15 is 0 Å². The molecule has 0 amide bonds. The summed E-state index contributed by atoms with van der Waals surface area (Å²) in [7, 11) is 0. The van der Waals surface area contributed by atoms with E-state index in [0.29, 0.717) is 0 Å². The quantitative estimate of drug-likeness (QED) is 0.446. The number of alkyl halides is 2. The van der Waals surface area contributed by atoms with E-state index < -0.39 is 44.8 Å². The van der Waals surface area contributed by atoms with Crippen molar-refractivity contribution in [3.05, 3.63) is 38.9 Å². The summed E-state index contributed by atoms with van der Waals surface area (Å²) in [6.07, 6.45) is 0. The second kappa shape index (κ2) is 7.09. The highest BCUT2D eigenvalue weighted by atomic mass is 35.5. The van der Waals surface area contributed by atoms with Crippen LogP contribution < -0.4 is 4.72 Å². The van der Waals surface area contributed by atoms with Gasteiger partial charge in [0.1, 0.15) is 11.4 Å². The molecular weight excluding hydrogens is 366 g/mol. The molecule has 0 saturated heterocycles. The number of rotatable bonds is 6. The van der Waals surface area contributed by atoms with Gasteiger partial charge in [-0.1, -0.05) is 11.6 Å². The zero-order valence-corrected chi connectivity index (χ0v) is 15.2. The highest BCUT2D eigenvalue weighted by Crippen LogP contribution is 2.43. The average Bonchev–Trinajstić information content (AvgIpc) is 2.45. The lowest BCUT2D eigenvalue weighted by Crippen LogP contribution is -2.60. The second-order valence-corrected chi connectivity index (χ2v) is 8.77. The van der Waals surface area contributed by atoms with Crippen molar-refractivity contribution in [1.82, 2.24) is 4.72 Å². The predicted octanol–water partition coefficient (Wildman–Crippen LogP) is 3.14. The first-order chi connectivity index (χ1) is 10.8. The lowest BCUT2D eigenvalue weighted by Gasteiger charge is -2.39. The molecule has 0 saturated carbocycles. The summed E-state index contributed by atoms with van der Waals surface area (Å²) >= 11 is 4.02. The van der Waals surface area contributed by atoms with Gasteiger partial charge in [0.15, 0.2) is 5.54 Å². The highest BCUT2D eigenvalue weighted by Gasteiger charge is 2.56. The van der Waals surface area contributed by atoms with Crippen LogP contribution in [0.15, 0.2) is 18.2 Å². The number of non-ortho nitro benzene ring substituents is 1. The fraction of sp³-hybridized carbons (Fsp3) is 0.571. The van der Waals surface area contributed by atoms with E-state index in [-0.39, 0.29) is 10.6 Å². The summed E-state index contributed by atoms with van der Waals surface area (Å²) in [5.41, 5.74) is -3.16. The topological polar surface area (TPSA) is 98.5 Å². The maximum absolute atomic E-state index is 14.5. The minimum Gasteiger partial charge on any atom is -0.598 e. The summed E-state index contributed by atoms with van der Waals surface area (Å²) in [6.45, 7) is 4.16. The van der Waals surface area contributed by atoms with Crippen LogP contribution >= 0.6 is 11.6 Å². The zero-order chi connectivity index (χ0) is 18.9. The van der Waals surface area contributed by atoms with Crippen molar-refractivity contribution >= 4 is 28.7 Å². The number of aliphatic hydroxyl groups is 1. The average molecular weight is 385 g/mol. The van der Waals surface area contributed by atoms with E-state index in [4.69, 9.17) is 16.7 Å². The molecule has 0 bridgehead atoms. The minimum atomic E-state index is -3.78. The Hall–Kier alpha value is -1.00. The van der Waals surface area contributed by atoms with Gasteiger partial charge in [-0.25, -0.2) is 8.78 Å². The standard InChI is InChI=1S/C14H19ClF2N2O4S/c1-12(2,3)24(23)18-13(4,14(16,17)8-20)10-7-9(19(21)22)5-6-11(10)15/h5-7,18,20H,8H2,1-4H3/t13-,24-/m1/s1. The molecule has 0 aliphatic heterocycles. The smallest absolute Gasteiger partial charge is 0.296 e. The molecule has 1 aromatic rings.